The molecule has 0 aromatic heterocycles. The first-order valence-electron chi connectivity index (χ1n) is 7.37. The third-order valence-corrected chi connectivity index (χ3v) is 4.66. The summed E-state index contributed by atoms with van der Waals surface area (Å²) in [6.07, 6.45) is 1.16. The smallest absolute Gasteiger partial charge is 0.220 e. The van der Waals surface area contributed by atoms with E-state index in [1.165, 1.54) is 5.56 Å². The lowest BCUT2D eigenvalue weighted by Gasteiger charge is -2.06. The molecule has 1 amide bonds. The number of hydrogen-bond acceptors (Lipinski definition) is 2. The van der Waals surface area contributed by atoms with Crippen LogP contribution < -0.4 is 5.32 Å². The average Bonchev–Trinajstić information content (AvgIpc) is 2.55. The van der Waals surface area contributed by atoms with Crippen molar-refractivity contribution in [2.24, 2.45) is 0 Å². The minimum Gasteiger partial charge on any atom is -0.355 e. The number of nitrogens with one attached hydrogen (secondary N) is 1. The van der Waals surface area contributed by atoms with Crippen molar-refractivity contribution >= 4 is 29.3 Å². The molecule has 0 aliphatic rings. The second-order valence-corrected chi connectivity index (χ2v) is 6.49. The summed E-state index contributed by atoms with van der Waals surface area (Å²) in [5.74, 6) is 1.99. The number of amides is 1. The van der Waals surface area contributed by atoms with Gasteiger partial charge in [0.05, 0.1) is 0 Å². The molecule has 0 heterocycles. The Kier molecular flexibility index (Phi) is 7.34. The summed E-state index contributed by atoms with van der Waals surface area (Å²) in [6.45, 7) is 0.707. The zero-order valence-corrected chi connectivity index (χ0v) is 14.0. The van der Waals surface area contributed by atoms with Crippen LogP contribution in [0.15, 0.2) is 54.6 Å². The lowest BCUT2D eigenvalue weighted by Crippen LogP contribution is -2.25. The number of aryl methyl sites for hydroxylation is 1. The topological polar surface area (TPSA) is 29.1 Å². The molecular weight excluding hydrogens is 314 g/mol. The normalized spacial score (nSPS) is 10.4. The van der Waals surface area contributed by atoms with Gasteiger partial charge in [0.25, 0.3) is 0 Å². The van der Waals surface area contributed by atoms with Crippen LogP contribution in [0.2, 0.25) is 5.02 Å². The standard InChI is InChI=1S/C18H20ClNOS/c19-17-9-5-4-8-16(17)10-11-18(21)20-12-13-22-14-15-6-2-1-3-7-15/h1-9H,10-14H2,(H,20,21). The van der Waals surface area contributed by atoms with Crippen LogP contribution in [0.5, 0.6) is 0 Å². The SMILES string of the molecule is O=C(CCc1ccccc1Cl)NCCSCc1ccccc1. The molecule has 116 valence electrons. The molecule has 0 saturated carbocycles. The first-order chi connectivity index (χ1) is 10.8. The van der Waals surface area contributed by atoms with E-state index in [9.17, 15) is 4.79 Å². The number of rotatable bonds is 8. The molecule has 0 aliphatic heterocycles. The van der Waals surface area contributed by atoms with Crippen LogP contribution in [0.3, 0.4) is 0 Å². The van der Waals surface area contributed by atoms with Crippen LogP contribution in [-0.4, -0.2) is 18.2 Å². The van der Waals surface area contributed by atoms with E-state index in [2.05, 4.69) is 17.4 Å². The van der Waals surface area contributed by atoms with E-state index in [1.54, 1.807) is 0 Å². The Morgan fingerprint density at radius 2 is 1.77 bits per heavy atom. The number of halogens is 1. The number of hydrogen-bond donors (Lipinski definition) is 1. The molecule has 4 heteroatoms. The number of benzene rings is 2. The maximum absolute atomic E-state index is 11.8. The highest BCUT2D eigenvalue weighted by molar-refractivity contribution is 7.98. The van der Waals surface area contributed by atoms with Crippen molar-refractivity contribution in [3.05, 3.63) is 70.7 Å². The number of thioether (sulfide) groups is 1. The van der Waals surface area contributed by atoms with Crippen molar-refractivity contribution in [1.82, 2.24) is 5.32 Å². The predicted molar refractivity (Wildman–Crippen MR) is 95.4 cm³/mol. The maximum Gasteiger partial charge on any atom is 0.220 e. The maximum atomic E-state index is 11.8. The van der Waals surface area contributed by atoms with Gasteiger partial charge in [0.15, 0.2) is 0 Å². The van der Waals surface area contributed by atoms with E-state index in [4.69, 9.17) is 11.6 Å². The lowest BCUT2D eigenvalue weighted by atomic mass is 10.1. The van der Waals surface area contributed by atoms with Gasteiger partial charge in [-0.1, -0.05) is 60.1 Å². The van der Waals surface area contributed by atoms with Gasteiger partial charge in [-0.25, -0.2) is 0 Å². The Balaban J connectivity index is 1.57. The Labute approximate surface area is 141 Å². The van der Waals surface area contributed by atoms with Gasteiger partial charge in [-0.05, 0) is 23.6 Å². The lowest BCUT2D eigenvalue weighted by molar-refractivity contribution is -0.120. The zero-order chi connectivity index (χ0) is 15.6. The Morgan fingerprint density at radius 1 is 1.05 bits per heavy atom. The quantitative estimate of drug-likeness (QED) is 0.729. The summed E-state index contributed by atoms with van der Waals surface area (Å²) >= 11 is 7.91. The average molecular weight is 334 g/mol. The molecular formula is C18H20ClNOS. The summed E-state index contributed by atoms with van der Waals surface area (Å²) < 4.78 is 0. The molecule has 0 saturated heterocycles. The van der Waals surface area contributed by atoms with E-state index in [-0.39, 0.29) is 5.91 Å². The fraction of sp³-hybridized carbons (Fsp3) is 0.278. The molecule has 0 radical (unpaired) electrons. The van der Waals surface area contributed by atoms with Gasteiger partial charge in [0.2, 0.25) is 5.91 Å². The summed E-state index contributed by atoms with van der Waals surface area (Å²) in [7, 11) is 0. The largest absolute Gasteiger partial charge is 0.355 e. The van der Waals surface area contributed by atoms with Crippen LogP contribution in [0.4, 0.5) is 0 Å². The zero-order valence-electron chi connectivity index (χ0n) is 12.4. The molecule has 0 spiro atoms. The highest BCUT2D eigenvalue weighted by Crippen LogP contribution is 2.16. The number of carbonyl (C=O) groups excluding carboxylic acids is 1. The second kappa shape index (κ2) is 9.54. The predicted octanol–water partition coefficient (Wildman–Crippen LogP) is 4.32. The Hall–Kier alpha value is -1.45. The summed E-state index contributed by atoms with van der Waals surface area (Å²) in [5, 5.41) is 3.69. The van der Waals surface area contributed by atoms with Gasteiger partial charge in [-0.15, -0.1) is 0 Å². The molecule has 2 nitrogen and oxygen atoms in total. The van der Waals surface area contributed by atoms with Crippen LogP contribution >= 0.6 is 23.4 Å². The van der Waals surface area contributed by atoms with Crippen molar-refractivity contribution in [2.75, 3.05) is 12.3 Å². The highest BCUT2D eigenvalue weighted by Gasteiger charge is 2.04. The molecule has 22 heavy (non-hydrogen) atoms. The monoisotopic (exact) mass is 333 g/mol. The van der Waals surface area contributed by atoms with Gasteiger partial charge in [0, 0.05) is 29.5 Å². The van der Waals surface area contributed by atoms with Crippen molar-refractivity contribution in [2.45, 2.75) is 18.6 Å². The van der Waals surface area contributed by atoms with Crippen molar-refractivity contribution < 1.29 is 4.79 Å². The molecule has 0 fully saturated rings. The first-order valence-corrected chi connectivity index (χ1v) is 8.91. The van der Waals surface area contributed by atoms with Gasteiger partial charge in [0.1, 0.15) is 0 Å². The molecule has 2 aromatic carbocycles. The van der Waals surface area contributed by atoms with Crippen LogP contribution in [0.25, 0.3) is 0 Å². The van der Waals surface area contributed by atoms with E-state index < -0.39 is 0 Å². The van der Waals surface area contributed by atoms with Crippen molar-refractivity contribution in [3.8, 4) is 0 Å². The van der Waals surface area contributed by atoms with Crippen LogP contribution in [0.1, 0.15) is 17.5 Å². The van der Waals surface area contributed by atoms with E-state index in [0.717, 1.165) is 22.1 Å². The van der Waals surface area contributed by atoms with Crippen molar-refractivity contribution in [1.29, 1.82) is 0 Å². The Morgan fingerprint density at radius 3 is 2.55 bits per heavy atom. The molecule has 2 rings (SSSR count). The van der Waals surface area contributed by atoms with Gasteiger partial charge in [-0.2, -0.15) is 11.8 Å². The Bertz CT molecular complexity index is 589. The molecule has 1 N–H and O–H groups in total. The van der Waals surface area contributed by atoms with E-state index in [1.807, 2.05) is 54.2 Å². The van der Waals surface area contributed by atoms with Gasteiger partial charge >= 0.3 is 0 Å². The molecule has 0 atom stereocenters. The minimum absolute atomic E-state index is 0.0835. The van der Waals surface area contributed by atoms with E-state index >= 15 is 0 Å². The van der Waals surface area contributed by atoms with E-state index in [0.29, 0.717) is 19.4 Å². The second-order valence-electron chi connectivity index (χ2n) is 4.98. The molecule has 2 aromatic rings. The summed E-state index contributed by atoms with van der Waals surface area (Å²) in [5.41, 5.74) is 2.34. The fourth-order valence-corrected chi connectivity index (χ4v) is 3.11. The molecule has 0 bridgehead atoms. The van der Waals surface area contributed by atoms with Crippen molar-refractivity contribution in [3.63, 3.8) is 0 Å². The summed E-state index contributed by atoms with van der Waals surface area (Å²) in [6, 6.07) is 18.0. The first kappa shape index (κ1) is 16.9. The van der Waals surface area contributed by atoms with Crippen LogP contribution in [0, 0.1) is 0 Å². The fourth-order valence-electron chi connectivity index (χ4n) is 2.06. The van der Waals surface area contributed by atoms with Gasteiger partial charge < -0.3 is 5.32 Å². The summed E-state index contributed by atoms with van der Waals surface area (Å²) in [4.78, 5) is 11.8. The minimum atomic E-state index is 0.0835. The molecule has 0 aliphatic carbocycles. The number of carbonyl (C=O) groups is 1. The third kappa shape index (κ3) is 6.12. The highest BCUT2D eigenvalue weighted by atomic mass is 35.5. The third-order valence-electron chi connectivity index (χ3n) is 3.26. The molecule has 0 unspecified atom stereocenters. The van der Waals surface area contributed by atoms with Crippen LogP contribution in [-0.2, 0) is 17.0 Å². The van der Waals surface area contributed by atoms with Gasteiger partial charge in [-0.3, -0.25) is 4.79 Å².